The summed E-state index contributed by atoms with van der Waals surface area (Å²) in [7, 11) is -1.06. The number of hydrogen-bond acceptors (Lipinski definition) is 5. The lowest BCUT2D eigenvalue weighted by Gasteiger charge is -2.29. The van der Waals surface area contributed by atoms with Gasteiger partial charge in [0.2, 0.25) is 5.91 Å². The molecule has 7 heteroatoms. The average molecular weight is 397 g/mol. The lowest BCUT2D eigenvalue weighted by molar-refractivity contribution is -0.127. The van der Waals surface area contributed by atoms with Gasteiger partial charge >= 0.3 is 0 Å². The van der Waals surface area contributed by atoms with Gasteiger partial charge < -0.3 is 9.80 Å². The molecule has 2 aliphatic heterocycles. The Balaban J connectivity index is 1.46. The van der Waals surface area contributed by atoms with Crippen molar-refractivity contribution in [3.8, 4) is 0 Å². The Kier molecular flexibility index (Phi) is 6.51. The molecule has 0 aliphatic carbocycles. The molecular weight excluding hydrogens is 368 g/mol. The Labute approximate surface area is 161 Å². The molecule has 1 unspecified atom stereocenters. The van der Waals surface area contributed by atoms with Crippen LogP contribution in [-0.4, -0.2) is 61.9 Å². The minimum Gasteiger partial charge on any atom is -0.372 e. The molecule has 2 heterocycles. The average Bonchev–Trinajstić information content (AvgIpc) is 3.00. The van der Waals surface area contributed by atoms with E-state index >= 15 is 0 Å². The molecule has 2 fully saturated rings. The summed E-state index contributed by atoms with van der Waals surface area (Å²) in [6, 6.07) is 8.50. The minimum atomic E-state index is -2.88. The summed E-state index contributed by atoms with van der Waals surface area (Å²) in [5.74, 6) is 0.882. The summed E-state index contributed by atoms with van der Waals surface area (Å²) >= 11 is 1.48. The number of carbonyl (C=O) groups excluding carboxylic acids is 1. The summed E-state index contributed by atoms with van der Waals surface area (Å²) in [4.78, 5) is 16.5. The summed E-state index contributed by atoms with van der Waals surface area (Å²) in [6.07, 6.45) is 4.52. The highest BCUT2D eigenvalue weighted by molar-refractivity contribution is 8.02. The first kappa shape index (κ1) is 19.5. The molecule has 0 radical (unpaired) electrons. The Morgan fingerprint density at radius 2 is 1.88 bits per heavy atom. The van der Waals surface area contributed by atoms with Crippen LogP contribution in [0.25, 0.3) is 0 Å². The second-order valence-electron chi connectivity index (χ2n) is 7.30. The Hall–Kier alpha value is -1.21. The molecule has 2 saturated heterocycles. The maximum absolute atomic E-state index is 12.3. The number of piperidine rings is 1. The minimum absolute atomic E-state index is 0.0550. The van der Waals surface area contributed by atoms with Gasteiger partial charge in [-0.3, -0.25) is 4.79 Å². The van der Waals surface area contributed by atoms with Crippen molar-refractivity contribution in [2.24, 2.45) is 0 Å². The van der Waals surface area contributed by atoms with E-state index in [4.69, 9.17) is 0 Å². The number of carbonyl (C=O) groups is 1. The van der Waals surface area contributed by atoms with E-state index < -0.39 is 9.84 Å². The maximum atomic E-state index is 12.3. The van der Waals surface area contributed by atoms with Crippen molar-refractivity contribution in [3.63, 3.8) is 0 Å². The number of hydrogen-bond donors (Lipinski definition) is 0. The third-order valence-corrected chi connectivity index (χ3v) is 8.40. The zero-order chi connectivity index (χ0) is 18.6. The molecule has 144 valence electrons. The molecule has 0 N–H and O–H groups in total. The van der Waals surface area contributed by atoms with E-state index in [2.05, 4.69) is 29.2 Å². The molecule has 1 atom stereocenters. The van der Waals surface area contributed by atoms with E-state index in [1.807, 2.05) is 7.05 Å². The summed E-state index contributed by atoms with van der Waals surface area (Å²) in [5, 5.41) is 0.0705. The maximum Gasteiger partial charge on any atom is 0.232 e. The summed E-state index contributed by atoms with van der Waals surface area (Å²) < 4.78 is 23.0. The first-order valence-electron chi connectivity index (χ1n) is 9.33. The summed E-state index contributed by atoms with van der Waals surface area (Å²) in [6.45, 7) is 2.85. The number of thioether (sulfide) groups is 1. The molecule has 0 spiro atoms. The van der Waals surface area contributed by atoms with Crippen LogP contribution in [0.5, 0.6) is 0 Å². The van der Waals surface area contributed by atoms with E-state index in [1.165, 1.54) is 36.7 Å². The van der Waals surface area contributed by atoms with Crippen LogP contribution in [0, 0.1) is 0 Å². The molecular formula is C19H28N2O3S2. The third-order valence-electron chi connectivity index (χ3n) is 5.14. The van der Waals surface area contributed by atoms with Crippen LogP contribution in [0.2, 0.25) is 0 Å². The van der Waals surface area contributed by atoms with Gasteiger partial charge in [-0.2, -0.15) is 0 Å². The molecule has 1 aromatic carbocycles. The fourth-order valence-corrected chi connectivity index (χ4v) is 7.10. The number of benzene rings is 1. The Morgan fingerprint density at radius 3 is 2.50 bits per heavy atom. The fourth-order valence-electron chi connectivity index (χ4n) is 3.52. The first-order valence-corrected chi connectivity index (χ1v) is 12.2. The molecule has 0 aromatic heterocycles. The molecule has 0 saturated carbocycles. The van der Waals surface area contributed by atoms with Gasteiger partial charge in [0.25, 0.3) is 0 Å². The molecule has 2 aliphatic rings. The van der Waals surface area contributed by atoms with Crippen molar-refractivity contribution >= 4 is 33.2 Å². The molecule has 1 aromatic rings. The largest absolute Gasteiger partial charge is 0.372 e. The molecule has 3 rings (SSSR count). The smallest absolute Gasteiger partial charge is 0.232 e. The van der Waals surface area contributed by atoms with Gasteiger partial charge in [-0.05, 0) is 43.4 Å². The van der Waals surface area contributed by atoms with Crippen LogP contribution >= 0.6 is 11.8 Å². The zero-order valence-electron chi connectivity index (χ0n) is 15.4. The second kappa shape index (κ2) is 8.65. The standard InChI is InChI=1S/C19H28N2O3S2/c1-20(19(22)14-25-18-9-12-26(23,24)15-18)13-16-5-7-17(8-6-16)21-10-3-2-4-11-21/h5-8,18H,2-4,9-15H2,1H3. The van der Waals surface area contributed by atoms with E-state index in [0.29, 0.717) is 18.7 Å². The van der Waals surface area contributed by atoms with Gasteiger partial charge in [-0.15, -0.1) is 11.8 Å². The normalized spacial score (nSPS) is 22.3. The van der Waals surface area contributed by atoms with Gasteiger partial charge in [0.15, 0.2) is 9.84 Å². The number of amides is 1. The fraction of sp³-hybridized carbons (Fsp3) is 0.632. The quantitative estimate of drug-likeness (QED) is 0.740. The Morgan fingerprint density at radius 1 is 1.19 bits per heavy atom. The lowest BCUT2D eigenvalue weighted by Crippen LogP contribution is -2.30. The number of nitrogens with zero attached hydrogens (tertiary/aromatic N) is 2. The zero-order valence-corrected chi connectivity index (χ0v) is 17.0. The van der Waals surface area contributed by atoms with Crippen LogP contribution in [-0.2, 0) is 21.2 Å². The second-order valence-corrected chi connectivity index (χ2v) is 10.8. The molecule has 1 amide bonds. The van der Waals surface area contributed by atoms with Crippen molar-refractivity contribution < 1.29 is 13.2 Å². The van der Waals surface area contributed by atoms with Crippen molar-refractivity contribution in [2.75, 3.05) is 42.3 Å². The van der Waals surface area contributed by atoms with Gasteiger partial charge in [0, 0.05) is 37.6 Å². The predicted molar refractivity (Wildman–Crippen MR) is 108 cm³/mol. The van der Waals surface area contributed by atoms with Crippen molar-refractivity contribution in [1.82, 2.24) is 4.90 Å². The van der Waals surface area contributed by atoms with Crippen LogP contribution in [0.1, 0.15) is 31.2 Å². The number of anilines is 1. The van der Waals surface area contributed by atoms with Crippen molar-refractivity contribution in [1.29, 1.82) is 0 Å². The van der Waals surface area contributed by atoms with E-state index in [1.54, 1.807) is 4.90 Å². The van der Waals surface area contributed by atoms with Crippen molar-refractivity contribution in [2.45, 2.75) is 37.5 Å². The van der Waals surface area contributed by atoms with Crippen LogP contribution < -0.4 is 4.90 Å². The van der Waals surface area contributed by atoms with Gasteiger partial charge in [-0.1, -0.05) is 12.1 Å². The molecule has 5 nitrogen and oxygen atoms in total. The van der Waals surface area contributed by atoms with Crippen LogP contribution in [0.15, 0.2) is 24.3 Å². The van der Waals surface area contributed by atoms with Crippen molar-refractivity contribution in [3.05, 3.63) is 29.8 Å². The van der Waals surface area contributed by atoms with Crippen LogP contribution in [0.3, 0.4) is 0 Å². The Bertz CT molecular complexity index is 713. The number of rotatable bonds is 6. The third kappa shape index (κ3) is 5.39. The first-order chi connectivity index (χ1) is 12.4. The molecule has 0 bridgehead atoms. The highest BCUT2D eigenvalue weighted by Crippen LogP contribution is 2.25. The van der Waals surface area contributed by atoms with Gasteiger partial charge in [-0.25, -0.2) is 8.42 Å². The SMILES string of the molecule is CN(Cc1ccc(N2CCCCC2)cc1)C(=O)CSC1CCS(=O)(=O)C1. The van der Waals surface area contributed by atoms with E-state index in [9.17, 15) is 13.2 Å². The topological polar surface area (TPSA) is 57.7 Å². The van der Waals surface area contributed by atoms with Gasteiger partial charge in [0.1, 0.15) is 0 Å². The predicted octanol–water partition coefficient (Wildman–Crippen LogP) is 2.56. The number of sulfone groups is 1. The highest BCUT2D eigenvalue weighted by atomic mass is 32.2. The van der Waals surface area contributed by atoms with E-state index in [0.717, 1.165) is 18.7 Å². The monoisotopic (exact) mass is 396 g/mol. The highest BCUT2D eigenvalue weighted by Gasteiger charge is 2.28. The van der Waals surface area contributed by atoms with E-state index in [-0.39, 0.29) is 22.7 Å². The van der Waals surface area contributed by atoms with Crippen LogP contribution in [0.4, 0.5) is 5.69 Å². The summed E-state index contributed by atoms with van der Waals surface area (Å²) in [5.41, 5.74) is 2.38. The van der Waals surface area contributed by atoms with Gasteiger partial charge in [0.05, 0.1) is 17.3 Å². The lowest BCUT2D eigenvalue weighted by atomic mass is 10.1. The molecule has 26 heavy (non-hydrogen) atoms.